The molecule has 0 aliphatic rings. The van der Waals surface area contributed by atoms with Gasteiger partial charge < -0.3 is 15.1 Å². The van der Waals surface area contributed by atoms with E-state index in [2.05, 4.69) is 11.0 Å². The molecule has 0 spiro atoms. The zero-order valence-electron chi connectivity index (χ0n) is 8.89. The molecule has 0 amide bonds. The molecule has 0 aromatic heterocycles. The summed E-state index contributed by atoms with van der Waals surface area (Å²) in [7, 11) is 0. The van der Waals surface area contributed by atoms with Gasteiger partial charge in [0.1, 0.15) is 0 Å². The van der Waals surface area contributed by atoms with Crippen LogP contribution in [0, 0.1) is 6.07 Å². The van der Waals surface area contributed by atoms with Crippen LogP contribution in [0.3, 0.4) is 0 Å². The highest BCUT2D eigenvalue weighted by molar-refractivity contribution is 5.45. The minimum atomic E-state index is 0.203. The minimum absolute atomic E-state index is 0.203. The van der Waals surface area contributed by atoms with Crippen LogP contribution in [0.25, 0.3) is 0 Å². The molecule has 0 bridgehead atoms. The van der Waals surface area contributed by atoms with Gasteiger partial charge in [0.2, 0.25) is 0 Å². The molecule has 0 fully saturated rings. The fourth-order valence-corrected chi connectivity index (χ4v) is 1.48. The molecular formula is C12H18NO2. The molecule has 2 N–H and O–H groups in total. The van der Waals surface area contributed by atoms with Crippen LogP contribution in [0.15, 0.2) is 24.3 Å². The molecule has 1 radical (unpaired) electrons. The van der Waals surface area contributed by atoms with Gasteiger partial charge in [0.15, 0.2) is 0 Å². The SMILES string of the molecule is OCCCN(CCCO)c1cc[c]cc1. The monoisotopic (exact) mass is 208 g/mol. The average molecular weight is 208 g/mol. The molecule has 0 unspecified atom stereocenters. The third kappa shape index (κ3) is 4.32. The number of hydrogen-bond donors (Lipinski definition) is 2. The number of nitrogens with zero attached hydrogens (tertiary/aromatic N) is 1. The first-order valence-corrected chi connectivity index (χ1v) is 5.31. The maximum atomic E-state index is 8.81. The topological polar surface area (TPSA) is 43.7 Å². The fourth-order valence-electron chi connectivity index (χ4n) is 1.48. The summed E-state index contributed by atoms with van der Waals surface area (Å²) in [5, 5.41) is 17.6. The van der Waals surface area contributed by atoms with Crippen molar-refractivity contribution in [3.63, 3.8) is 0 Å². The lowest BCUT2D eigenvalue weighted by Gasteiger charge is -2.24. The van der Waals surface area contributed by atoms with Crippen LogP contribution in [0.4, 0.5) is 5.69 Å². The fraction of sp³-hybridized carbons (Fsp3) is 0.500. The van der Waals surface area contributed by atoms with E-state index in [-0.39, 0.29) is 13.2 Å². The van der Waals surface area contributed by atoms with Crippen LogP contribution < -0.4 is 4.90 Å². The van der Waals surface area contributed by atoms with Gasteiger partial charge in [-0.3, -0.25) is 0 Å². The Balaban J connectivity index is 2.55. The second-order valence-electron chi connectivity index (χ2n) is 3.40. The first-order valence-electron chi connectivity index (χ1n) is 5.31. The Labute approximate surface area is 91.0 Å². The van der Waals surface area contributed by atoms with Gasteiger partial charge in [-0.2, -0.15) is 0 Å². The van der Waals surface area contributed by atoms with Gasteiger partial charge in [-0.05, 0) is 31.0 Å². The summed E-state index contributed by atoms with van der Waals surface area (Å²) in [5.41, 5.74) is 1.12. The van der Waals surface area contributed by atoms with Gasteiger partial charge in [0.25, 0.3) is 0 Å². The maximum absolute atomic E-state index is 8.81. The summed E-state index contributed by atoms with van der Waals surface area (Å²) >= 11 is 0. The molecule has 1 rings (SSSR count). The predicted octanol–water partition coefficient (Wildman–Crippen LogP) is 1.06. The molecule has 0 aliphatic carbocycles. The van der Waals surface area contributed by atoms with Crippen molar-refractivity contribution in [2.75, 3.05) is 31.2 Å². The van der Waals surface area contributed by atoms with E-state index in [1.807, 2.05) is 24.3 Å². The smallest absolute Gasteiger partial charge is 0.0447 e. The predicted molar refractivity (Wildman–Crippen MR) is 60.9 cm³/mol. The van der Waals surface area contributed by atoms with Crippen molar-refractivity contribution in [1.82, 2.24) is 0 Å². The van der Waals surface area contributed by atoms with E-state index in [1.165, 1.54) is 0 Å². The molecule has 1 aromatic carbocycles. The zero-order chi connectivity index (χ0) is 10.9. The number of benzene rings is 1. The number of hydrogen-bond acceptors (Lipinski definition) is 3. The third-order valence-electron chi connectivity index (χ3n) is 2.24. The highest BCUT2D eigenvalue weighted by Crippen LogP contribution is 2.13. The Kier molecular flexibility index (Phi) is 5.81. The summed E-state index contributed by atoms with van der Waals surface area (Å²) in [5.74, 6) is 0. The first-order chi connectivity index (χ1) is 7.38. The van der Waals surface area contributed by atoms with Crippen LogP contribution in [-0.4, -0.2) is 36.5 Å². The number of aliphatic hydroxyl groups excluding tert-OH is 2. The Hall–Kier alpha value is -1.06. The van der Waals surface area contributed by atoms with Gasteiger partial charge in [-0.25, -0.2) is 0 Å². The molecule has 83 valence electrons. The average Bonchev–Trinajstić information content (AvgIpc) is 2.30. The van der Waals surface area contributed by atoms with E-state index in [9.17, 15) is 0 Å². The van der Waals surface area contributed by atoms with Crippen LogP contribution in [0.1, 0.15) is 12.8 Å². The summed E-state index contributed by atoms with van der Waals surface area (Å²) in [4.78, 5) is 2.17. The van der Waals surface area contributed by atoms with Crippen molar-refractivity contribution in [1.29, 1.82) is 0 Å². The Morgan fingerprint density at radius 1 is 1.00 bits per heavy atom. The van der Waals surface area contributed by atoms with E-state index >= 15 is 0 Å². The molecule has 15 heavy (non-hydrogen) atoms. The van der Waals surface area contributed by atoms with E-state index < -0.39 is 0 Å². The molecule has 0 aliphatic heterocycles. The molecule has 0 atom stereocenters. The lowest BCUT2D eigenvalue weighted by molar-refractivity contribution is 0.282. The zero-order valence-corrected chi connectivity index (χ0v) is 8.89. The molecule has 3 heteroatoms. The summed E-state index contributed by atoms with van der Waals surface area (Å²) in [6.07, 6.45) is 1.51. The standard InChI is InChI=1S/C12H18NO2/c14-10-4-8-13(9-5-11-15)12-6-2-1-3-7-12/h2-3,6-7,14-15H,4-5,8-11H2. The van der Waals surface area contributed by atoms with Crippen molar-refractivity contribution >= 4 is 5.69 Å². The van der Waals surface area contributed by atoms with E-state index in [1.54, 1.807) is 0 Å². The van der Waals surface area contributed by atoms with Gasteiger partial charge in [-0.1, -0.05) is 12.1 Å². The van der Waals surface area contributed by atoms with E-state index in [0.717, 1.165) is 31.6 Å². The molecule has 1 aromatic rings. The lowest BCUT2D eigenvalue weighted by atomic mass is 10.2. The third-order valence-corrected chi connectivity index (χ3v) is 2.24. The molecule has 0 saturated heterocycles. The molecular weight excluding hydrogens is 190 g/mol. The quantitative estimate of drug-likeness (QED) is 0.704. The highest BCUT2D eigenvalue weighted by Gasteiger charge is 2.04. The van der Waals surface area contributed by atoms with Gasteiger partial charge in [-0.15, -0.1) is 0 Å². The molecule has 0 heterocycles. The normalized spacial score (nSPS) is 10.3. The molecule has 0 saturated carbocycles. The van der Waals surface area contributed by atoms with Crippen molar-refractivity contribution < 1.29 is 10.2 Å². The maximum Gasteiger partial charge on any atom is 0.0447 e. The first kappa shape index (κ1) is 12.0. The van der Waals surface area contributed by atoms with Crippen LogP contribution in [0.2, 0.25) is 0 Å². The lowest BCUT2D eigenvalue weighted by Crippen LogP contribution is -2.26. The van der Waals surface area contributed by atoms with Crippen molar-refractivity contribution in [3.8, 4) is 0 Å². The van der Waals surface area contributed by atoms with Gasteiger partial charge in [0.05, 0.1) is 0 Å². The summed E-state index contributed by atoms with van der Waals surface area (Å²) < 4.78 is 0. The Bertz CT molecular complexity index is 243. The van der Waals surface area contributed by atoms with Crippen LogP contribution in [0.5, 0.6) is 0 Å². The Morgan fingerprint density at radius 3 is 2.00 bits per heavy atom. The van der Waals surface area contributed by atoms with Crippen LogP contribution in [-0.2, 0) is 0 Å². The van der Waals surface area contributed by atoms with Gasteiger partial charge >= 0.3 is 0 Å². The molecule has 3 nitrogen and oxygen atoms in total. The second kappa shape index (κ2) is 7.26. The summed E-state index contributed by atoms with van der Waals surface area (Å²) in [6.45, 7) is 2.05. The van der Waals surface area contributed by atoms with E-state index in [4.69, 9.17) is 10.2 Å². The number of anilines is 1. The van der Waals surface area contributed by atoms with Gasteiger partial charge in [0, 0.05) is 32.0 Å². The van der Waals surface area contributed by atoms with Crippen molar-refractivity contribution in [3.05, 3.63) is 30.3 Å². The number of rotatable bonds is 7. The minimum Gasteiger partial charge on any atom is -0.396 e. The number of aliphatic hydroxyl groups is 2. The second-order valence-corrected chi connectivity index (χ2v) is 3.40. The van der Waals surface area contributed by atoms with Crippen LogP contribution >= 0.6 is 0 Å². The highest BCUT2D eigenvalue weighted by atomic mass is 16.3. The largest absolute Gasteiger partial charge is 0.396 e. The van der Waals surface area contributed by atoms with Crippen molar-refractivity contribution in [2.24, 2.45) is 0 Å². The van der Waals surface area contributed by atoms with Crippen molar-refractivity contribution in [2.45, 2.75) is 12.8 Å². The van der Waals surface area contributed by atoms with E-state index in [0.29, 0.717) is 0 Å². The summed E-state index contributed by atoms with van der Waals surface area (Å²) in [6, 6.07) is 10.7. The Morgan fingerprint density at radius 2 is 1.53 bits per heavy atom.